The lowest BCUT2D eigenvalue weighted by Crippen LogP contribution is -2.54. The molecule has 0 aliphatic carbocycles. The molecule has 1 atom stereocenters. The van der Waals surface area contributed by atoms with Gasteiger partial charge in [0.25, 0.3) is 10.0 Å². The number of hydrogen-bond acceptors (Lipinski definition) is 4. The van der Waals surface area contributed by atoms with Gasteiger partial charge in [-0.25, -0.2) is 8.42 Å². The standard InChI is InChI=1S/C37H43N3O4S/c1-26(2)38-37(42)35(23-31-13-8-7-9-14-31)39(24-32-15-11-10-12-29(32)5)36(41)25-40(33-19-18-28(4)30(6)22-33)45(43,44)34-20-16-27(3)17-21-34/h7-22,26,35H,23-25H2,1-6H3,(H,38,42). The van der Waals surface area contributed by atoms with Gasteiger partial charge in [-0.3, -0.25) is 13.9 Å². The molecule has 0 spiro atoms. The summed E-state index contributed by atoms with van der Waals surface area (Å²) in [6.45, 7) is 11.1. The minimum absolute atomic E-state index is 0.0861. The van der Waals surface area contributed by atoms with Crippen LogP contribution >= 0.6 is 0 Å². The third-order valence-corrected chi connectivity index (χ3v) is 9.76. The second kappa shape index (κ2) is 14.6. The van der Waals surface area contributed by atoms with E-state index in [0.717, 1.165) is 37.7 Å². The van der Waals surface area contributed by atoms with Gasteiger partial charge in [-0.05, 0) is 93.6 Å². The Hall–Kier alpha value is -4.43. The van der Waals surface area contributed by atoms with Crippen LogP contribution in [0.25, 0.3) is 0 Å². The summed E-state index contributed by atoms with van der Waals surface area (Å²) in [4.78, 5) is 30.0. The number of benzene rings is 4. The molecule has 2 amide bonds. The quantitative estimate of drug-likeness (QED) is 0.201. The van der Waals surface area contributed by atoms with Crippen molar-refractivity contribution in [3.05, 3.63) is 130 Å². The van der Waals surface area contributed by atoms with Crippen molar-refractivity contribution in [2.75, 3.05) is 10.8 Å². The van der Waals surface area contributed by atoms with Crippen LogP contribution in [0.15, 0.2) is 102 Å². The first-order valence-electron chi connectivity index (χ1n) is 15.2. The highest BCUT2D eigenvalue weighted by Gasteiger charge is 2.35. The summed E-state index contributed by atoms with van der Waals surface area (Å²) >= 11 is 0. The molecule has 0 fully saturated rings. The number of aryl methyl sites for hydroxylation is 4. The van der Waals surface area contributed by atoms with Crippen LogP contribution in [0.4, 0.5) is 5.69 Å². The minimum Gasteiger partial charge on any atom is -0.352 e. The summed E-state index contributed by atoms with van der Waals surface area (Å²) in [6, 6.07) is 28.2. The molecule has 1 unspecified atom stereocenters. The van der Waals surface area contributed by atoms with Gasteiger partial charge in [0.2, 0.25) is 11.8 Å². The topological polar surface area (TPSA) is 86.8 Å². The lowest BCUT2D eigenvalue weighted by Gasteiger charge is -2.34. The first-order valence-corrected chi connectivity index (χ1v) is 16.7. The van der Waals surface area contributed by atoms with Crippen molar-refractivity contribution in [3.63, 3.8) is 0 Å². The van der Waals surface area contributed by atoms with Crippen LogP contribution < -0.4 is 9.62 Å². The van der Waals surface area contributed by atoms with Gasteiger partial charge in [-0.2, -0.15) is 0 Å². The van der Waals surface area contributed by atoms with Crippen LogP contribution in [0.3, 0.4) is 0 Å². The maximum Gasteiger partial charge on any atom is 0.264 e. The first kappa shape index (κ1) is 33.5. The normalized spacial score (nSPS) is 12.1. The van der Waals surface area contributed by atoms with Crippen LogP contribution in [0.2, 0.25) is 0 Å². The van der Waals surface area contributed by atoms with E-state index in [-0.39, 0.29) is 29.8 Å². The molecule has 0 aliphatic heterocycles. The zero-order valence-corrected chi connectivity index (χ0v) is 27.8. The Morgan fingerprint density at radius 2 is 1.40 bits per heavy atom. The van der Waals surface area contributed by atoms with Crippen molar-refractivity contribution in [1.29, 1.82) is 0 Å². The fourth-order valence-corrected chi connectivity index (χ4v) is 6.56. The SMILES string of the molecule is Cc1ccc(S(=O)(=O)N(CC(=O)N(Cc2ccccc2C)C(Cc2ccccc2)C(=O)NC(C)C)c2ccc(C)c(C)c2)cc1. The Labute approximate surface area is 268 Å². The number of amides is 2. The molecule has 0 heterocycles. The molecular formula is C37H43N3O4S. The third-order valence-electron chi connectivity index (χ3n) is 7.97. The van der Waals surface area contributed by atoms with E-state index < -0.39 is 28.5 Å². The van der Waals surface area contributed by atoms with Crippen LogP contribution in [0.5, 0.6) is 0 Å². The van der Waals surface area contributed by atoms with Gasteiger partial charge in [0.15, 0.2) is 0 Å². The monoisotopic (exact) mass is 625 g/mol. The lowest BCUT2D eigenvalue weighted by molar-refractivity contribution is -0.140. The summed E-state index contributed by atoms with van der Waals surface area (Å²) < 4.78 is 29.6. The van der Waals surface area contributed by atoms with Crippen molar-refractivity contribution >= 4 is 27.5 Å². The Bertz CT molecular complexity index is 1740. The summed E-state index contributed by atoms with van der Waals surface area (Å²) in [5.41, 5.74) is 5.95. The van der Waals surface area contributed by atoms with Gasteiger partial charge < -0.3 is 10.2 Å². The van der Waals surface area contributed by atoms with Gasteiger partial charge in [0, 0.05) is 19.0 Å². The van der Waals surface area contributed by atoms with E-state index in [2.05, 4.69) is 5.32 Å². The smallest absolute Gasteiger partial charge is 0.264 e. The van der Waals surface area contributed by atoms with Crippen molar-refractivity contribution in [1.82, 2.24) is 10.2 Å². The molecule has 236 valence electrons. The molecule has 4 aromatic rings. The second-order valence-electron chi connectivity index (χ2n) is 11.9. The van der Waals surface area contributed by atoms with Crippen LogP contribution in [-0.2, 0) is 32.6 Å². The highest BCUT2D eigenvalue weighted by molar-refractivity contribution is 7.92. The van der Waals surface area contributed by atoms with E-state index in [4.69, 9.17) is 0 Å². The molecule has 0 aliphatic rings. The lowest BCUT2D eigenvalue weighted by atomic mass is 10.0. The number of sulfonamides is 1. The molecule has 0 radical (unpaired) electrons. The zero-order valence-electron chi connectivity index (χ0n) is 26.9. The Balaban J connectivity index is 1.83. The highest BCUT2D eigenvalue weighted by atomic mass is 32.2. The molecule has 7 nitrogen and oxygen atoms in total. The molecule has 0 saturated carbocycles. The summed E-state index contributed by atoms with van der Waals surface area (Å²) in [6.07, 6.45) is 0.269. The summed E-state index contributed by atoms with van der Waals surface area (Å²) in [5, 5.41) is 2.99. The molecule has 8 heteroatoms. The highest BCUT2D eigenvalue weighted by Crippen LogP contribution is 2.27. The number of nitrogens with zero attached hydrogens (tertiary/aromatic N) is 2. The maximum absolute atomic E-state index is 14.6. The zero-order chi connectivity index (χ0) is 32.7. The Morgan fingerprint density at radius 1 is 0.756 bits per heavy atom. The third kappa shape index (κ3) is 8.39. The number of carbonyl (C=O) groups is 2. The summed E-state index contributed by atoms with van der Waals surface area (Å²) in [5.74, 6) is -0.776. The number of carbonyl (C=O) groups excluding carboxylic acids is 2. The summed E-state index contributed by atoms with van der Waals surface area (Å²) in [7, 11) is -4.15. The predicted molar refractivity (Wildman–Crippen MR) is 181 cm³/mol. The average molecular weight is 626 g/mol. The molecular weight excluding hydrogens is 582 g/mol. The number of hydrogen-bond donors (Lipinski definition) is 1. The number of nitrogens with one attached hydrogen (secondary N) is 1. The van der Waals surface area contributed by atoms with Crippen molar-refractivity contribution in [2.24, 2.45) is 0 Å². The molecule has 4 aromatic carbocycles. The molecule has 0 aromatic heterocycles. The molecule has 0 bridgehead atoms. The van der Waals surface area contributed by atoms with Gasteiger partial charge in [0.1, 0.15) is 12.6 Å². The fraction of sp³-hybridized carbons (Fsp3) is 0.297. The van der Waals surface area contributed by atoms with E-state index in [1.54, 1.807) is 36.4 Å². The van der Waals surface area contributed by atoms with E-state index in [9.17, 15) is 18.0 Å². The molecule has 1 N–H and O–H groups in total. The predicted octanol–water partition coefficient (Wildman–Crippen LogP) is 6.28. The average Bonchev–Trinajstić information content (AvgIpc) is 3.00. The van der Waals surface area contributed by atoms with E-state index in [1.807, 2.05) is 102 Å². The van der Waals surface area contributed by atoms with Crippen LogP contribution in [-0.4, -0.2) is 43.8 Å². The largest absolute Gasteiger partial charge is 0.352 e. The van der Waals surface area contributed by atoms with Crippen molar-refractivity contribution in [2.45, 2.75) is 71.5 Å². The number of rotatable bonds is 12. The maximum atomic E-state index is 14.6. The van der Waals surface area contributed by atoms with Crippen molar-refractivity contribution < 1.29 is 18.0 Å². The van der Waals surface area contributed by atoms with E-state index in [0.29, 0.717) is 5.69 Å². The van der Waals surface area contributed by atoms with Gasteiger partial charge in [0.05, 0.1) is 10.6 Å². The number of anilines is 1. The van der Waals surface area contributed by atoms with Gasteiger partial charge in [-0.15, -0.1) is 0 Å². The molecule has 4 rings (SSSR count). The Morgan fingerprint density at radius 3 is 2.02 bits per heavy atom. The van der Waals surface area contributed by atoms with E-state index in [1.165, 1.54) is 4.90 Å². The molecule has 0 saturated heterocycles. The van der Waals surface area contributed by atoms with Gasteiger partial charge in [-0.1, -0.05) is 78.4 Å². The second-order valence-corrected chi connectivity index (χ2v) is 13.8. The van der Waals surface area contributed by atoms with Crippen LogP contribution in [0.1, 0.15) is 47.2 Å². The Kier molecular flexibility index (Phi) is 10.8. The van der Waals surface area contributed by atoms with Gasteiger partial charge >= 0.3 is 0 Å². The minimum atomic E-state index is -4.15. The van der Waals surface area contributed by atoms with Crippen molar-refractivity contribution in [3.8, 4) is 0 Å². The molecule has 45 heavy (non-hydrogen) atoms. The van der Waals surface area contributed by atoms with Crippen LogP contribution in [0, 0.1) is 27.7 Å². The first-order chi connectivity index (χ1) is 21.4. The van der Waals surface area contributed by atoms with E-state index >= 15 is 0 Å². The fourth-order valence-electron chi connectivity index (χ4n) is 5.15.